The van der Waals surface area contributed by atoms with E-state index in [1.165, 1.54) is 30.3 Å². The Morgan fingerprint density at radius 2 is 1.67 bits per heavy atom. The number of urea groups is 1. The monoisotopic (exact) mass is 413 g/mol. The Labute approximate surface area is 171 Å². The van der Waals surface area contributed by atoms with Gasteiger partial charge in [0.2, 0.25) is 0 Å². The second-order valence-corrected chi connectivity index (χ2v) is 6.23. The van der Waals surface area contributed by atoms with E-state index in [2.05, 4.69) is 0 Å². The molecular weight excluding hydrogens is 394 g/mol. The van der Waals surface area contributed by atoms with Gasteiger partial charge in [0, 0.05) is 18.7 Å². The molecule has 2 aromatic carbocycles. The van der Waals surface area contributed by atoms with E-state index < -0.39 is 22.8 Å². The molecule has 0 unspecified atom stereocenters. The van der Waals surface area contributed by atoms with Crippen LogP contribution < -0.4 is 14.4 Å². The summed E-state index contributed by atoms with van der Waals surface area (Å²) in [5.74, 6) is -1.11. The summed E-state index contributed by atoms with van der Waals surface area (Å²) in [5.41, 5.74) is 0.161. The van der Waals surface area contributed by atoms with Gasteiger partial charge in [-0.1, -0.05) is 12.1 Å². The van der Waals surface area contributed by atoms with Crippen LogP contribution in [0.15, 0.2) is 48.5 Å². The summed E-state index contributed by atoms with van der Waals surface area (Å²) in [6, 6.07) is 11.3. The van der Waals surface area contributed by atoms with Crippen LogP contribution in [0.2, 0.25) is 0 Å². The second kappa shape index (κ2) is 9.03. The molecule has 1 aliphatic rings. The van der Waals surface area contributed by atoms with E-state index in [1.54, 1.807) is 25.1 Å². The number of imide groups is 2. The lowest BCUT2D eigenvalue weighted by molar-refractivity contribution is -0.384. The Morgan fingerprint density at radius 1 is 0.967 bits per heavy atom. The number of nitro groups is 1. The maximum atomic E-state index is 12.7. The number of hydrogen-bond donors (Lipinski definition) is 0. The molecule has 10 nitrogen and oxygen atoms in total. The van der Waals surface area contributed by atoms with E-state index in [0.717, 1.165) is 9.80 Å². The van der Waals surface area contributed by atoms with Crippen LogP contribution in [0.5, 0.6) is 11.5 Å². The van der Waals surface area contributed by atoms with Gasteiger partial charge in [0.15, 0.2) is 0 Å². The predicted octanol–water partition coefficient (Wildman–Crippen LogP) is 2.76. The number of para-hydroxylation sites is 2. The Hall–Kier alpha value is -3.95. The van der Waals surface area contributed by atoms with Crippen molar-refractivity contribution in [1.29, 1.82) is 0 Å². The average molecular weight is 413 g/mol. The van der Waals surface area contributed by atoms with Crippen LogP contribution in [0.4, 0.5) is 16.2 Å². The smallest absolute Gasteiger partial charge is 0.339 e. The topological polar surface area (TPSA) is 119 Å². The highest BCUT2D eigenvalue weighted by atomic mass is 16.6. The molecule has 10 heteroatoms. The summed E-state index contributed by atoms with van der Waals surface area (Å²) >= 11 is 0. The van der Waals surface area contributed by atoms with Crippen LogP contribution >= 0.6 is 0 Å². The number of anilines is 1. The Bertz CT molecular complexity index is 975. The van der Waals surface area contributed by atoms with Gasteiger partial charge >= 0.3 is 17.8 Å². The Morgan fingerprint density at radius 3 is 2.33 bits per heavy atom. The summed E-state index contributed by atoms with van der Waals surface area (Å²) in [5, 5.41) is 10.7. The number of rotatable bonds is 9. The molecule has 1 fully saturated rings. The molecule has 0 spiro atoms. The van der Waals surface area contributed by atoms with Crippen LogP contribution in [0.25, 0.3) is 0 Å². The first-order chi connectivity index (χ1) is 14.4. The molecule has 0 aliphatic carbocycles. The molecule has 1 saturated heterocycles. The highest BCUT2D eigenvalue weighted by Gasteiger charge is 2.45. The van der Waals surface area contributed by atoms with Crippen molar-refractivity contribution in [3.05, 3.63) is 58.6 Å². The molecule has 2 aromatic rings. The van der Waals surface area contributed by atoms with E-state index in [9.17, 15) is 24.5 Å². The third-order valence-electron chi connectivity index (χ3n) is 4.30. The number of benzene rings is 2. The third kappa shape index (κ3) is 4.22. The van der Waals surface area contributed by atoms with Gasteiger partial charge < -0.3 is 9.47 Å². The van der Waals surface area contributed by atoms with E-state index in [4.69, 9.17) is 9.47 Å². The van der Waals surface area contributed by atoms with Gasteiger partial charge in [0.1, 0.15) is 11.5 Å². The minimum absolute atomic E-state index is 0.0102. The van der Waals surface area contributed by atoms with Crippen molar-refractivity contribution < 1.29 is 28.8 Å². The van der Waals surface area contributed by atoms with Crippen molar-refractivity contribution in [2.45, 2.75) is 13.3 Å². The minimum Gasteiger partial charge on any atom is -0.494 e. The van der Waals surface area contributed by atoms with E-state index in [-0.39, 0.29) is 30.9 Å². The summed E-state index contributed by atoms with van der Waals surface area (Å²) in [6.45, 7) is 2.25. The molecule has 0 atom stereocenters. The van der Waals surface area contributed by atoms with Gasteiger partial charge in [-0.2, -0.15) is 0 Å². The zero-order valence-corrected chi connectivity index (χ0v) is 16.1. The van der Waals surface area contributed by atoms with Gasteiger partial charge in [-0.25, -0.2) is 9.69 Å². The lowest BCUT2D eigenvalue weighted by Gasteiger charge is -2.18. The molecule has 0 saturated carbocycles. The Balaban J connectivity index is 1.61. The van der Waals surface area contributed by atoms with Gasteiger partial charge in [-0.3, -0.25) is 24.6 Å². The number of hydrogen-bond acceptors (Lipinski definition) is 7. The van der Waals surface area contributed by atoms with Crippen molar-refractivity contribution in [1.82, 2.24) is 4.90 Å². The second-order valence-electron chi connectivity index (χ2n) is 6.23. The van der Waals surface area contributed by atoms with Crippen molar-refractivity contribution in [3.8, 4) is 11.5 Å². The molecule has 3 rings (SSSR count). The van der Waals surface area contributed by atoms with E-state index in [1.807, 2.05) is 0 Å². The molecule has 0 bridgehead atoms. The van der Waals surface area contributed by atoms with Crippen LogP contribution in [-0.4, -0.2) is 47.4 Å². The minimum atomic E-state index is -0.941. The standard InChI is InChI=1S/C20H19N3O7/c1-2-29-17-7-4-3-6-16(17)22-19(25)18(24)21(20(22)26)12-5-13-30-15-10-8-14(9-11-15)23(27)28/h3-4,6-11H,2,5,12-13H2,1H3. The number of nitrogens with zero attached hydrogens (tertiary/aromatic N) is 3. The largest absolute Gasteiger partial charge is 0.494 e. The van der Waals surface area contributed by atoms with Crippen LogP contribution in [-0.2, 0) is 9.59 Å². The molecule has 1 aliphatic heterocycles. The zero-order chi connectivity index (χ0) is 21.7. The number of ether oxygens (including phenoxy) is 2. The predicted molar refractivity (Wildman–Crippen MR) is 105 cm³/mol. The van der Waals surface area contributed by atoms with Crippen molar-refractivity contribution in [3.63, 3.8) is 0 Å². The van der Waals surface area contributed by atoms with Crippen molar-refractivity contribution in [2.24, 2.45) is 0 Å². The van der Waals surface area contributed by atoms with Gasteiger partial charge in [-0.05, 0) is 37.6 Å². The van der Waals surface area contributed by atoms with Crippen LogP contribution in [0.3, 0.4) is 0 Å². The lowest BCUT2D eigenvalue weighted by atomic mass is 10.2. The lowest BCUT2D eigenvalue weighted by Crippen LogP contribution is -2.34. The normalized spacial score (nSPS) is 13.7. The summed E-state index contributed by atoms with van der Waals surface area (Å²) in [4.78, 5) is 49.2. The first kappa shape index (κ1) is 20.8. The number of carbonyl (C=O) groups is 3. The first-order valence-corrected chi connectivity index (χ1v) is 9.23. The quantitative estimate of drug-likeness (QED) is 0.204. The van der Waals surface area contributed by atoms with Crippen LogP contribution in [0.1, 0.15) is 13.3 Å². The average Bonchev–Trinajstić information content (AvgIpc) is 2.95. The highest BCUT2D eigenvalue weighted by molar-refractivity contribution is 6.53. The molecular formula is C20H19N3O7. The third-order valence-corrected chi connectivity index (χ3v) is 4.30. The zero-order valence-electron chi connectivity index (χ0n) is 16.1. The summed E-state index contributed by atoms with van der Waals surface area (Å²) < 4.78 is 10.9. The molecule has 0 aromatic heterocycles. The number of non-ortho nitro benzene ring substituents is 1. The summed E-state index contributed by atoms with van der Waals surface area (Å²) in [7, 11) is 0. The Kier molecular flexibility index (Phi) is 6.26. The maximum Gasteiger partial charge on any atom is 0.339 e. The fourth-order valence-electron chi connectivity index (χ4n) is 2.91. The molecule has 4 amide bonds. The van der Waals surface area contributed by atoms with Crippen molar-refractivity contribution >= 4 is 29.2 Å². The van der Waals surface area contributed by atoms with E-state index >= 15 is 0 Å². The van der Waals surface area contributed by atoms with Crippen molar-refractivity contribution in [2.75, 3.05) is 24.7 Å². The van der Waals surface area contributed by atoms with Gasteiger partial charge in [-0.15, -0.1) is 0 Å². The number of amides is 4. The molecule has 1 heterocycles. The fourth-order valence-corrected chi connectivity index (χ4v) is 2.91. The SMILES string of the molecule is CCOc1ccccc1N1C(=O)C(=O)N(CCCOc2ccc([N+](=O)[O-])cc2)C1=O. The molecule has 0 radical (unpaired) electrons. The highest BCUT2D eigenvalue weighted by Crippen LogP contribution is 2.31. The molecule has 0 N–H and O–H groups in total. The number of carbonyl (C=O) groups excluding carboxylic acids is 3. The van der Waals surface area contributed by atoms with Gasteiger partial charge in [0.25, 0.3) is 5.69 Å². The van der Waals surface area contributed by atoms with E-state index in [0.29, 0.717) is 18.1 Å². The van der Waals surface area contributed by atoms with Crippen LogP contribution in [0, 0.1) is 10.1 Å². The maximum absolute atomic E-state index is 12.7. The first-order valence-electron chi connectivity index (χ1n) is 9.23. The molecule has 156 valence electrons. The summed E-state index contributed by atoms with van der Waals surface area (Å²) in [6.07, 6.45) is 0.280. The number of nitro benzene ring substituents is 1. The molecule has 30 heavy (non-hydrogen) atoms. The van der Waals surface area contributed by atoms with Gasteiger partial charge in [0.05, 0.1) is 23.8 Å². The fraction of sp³-hybridized carbons (Fsp3) is 0.250.